The summed E-state index contributed by atoms with van der Waals surface area (Å²) in [6.07, 6.45) is 3.65. The first-order valence-corrected chi connectivity index (χ1v) is 19.2. The van der Waals surface area contributed by atoms with Crippen LogP contribution >= 0.6 is 0 Å². The molecule has 4 aromatic carbocycles. The maximum absolute atomic E-state index is 6.61. The third-order valence-corrected chi connectivity index (χ3v) is 11.2. The Labute approximate surface area is 335 Å². The van der Waals surface area contributed by atoms with Gasteiger partial charge in [-0.2, -0.15) is 0 Å². The van der Waals surface area contributed by atoms with Gasteiger partial charge >= 0.3 is 12.0 Å². The van der Waals surface area contributed by atoms with Gasteiger partial charge in [-0.05, 0) is 60.7 Å². The molecule has 0 aliphatic carbocycles. The number of pyridine rings is 2. The van der Waals surface area contributed by atoms with E-state index in [2.05, 4.69) is 94.4 Å². The van der Waals surface area contributed by atoms with Crippen molar-refractivity contribution in [1.29, 1.82) is 0 Å². The number of allylic oxidation sites excluding steroid dienone is 4. The van der Waals surface area contributed by atoms with Crippen molar-refractivity contribution in [2.24, 2.45) is 0 Å². The Morgan fingerprint density at radius 1 is 0.466 bits per heavy atom. The van der Waals surface area contributed by atoms with E-state index in [4.69, 9.17) is 19.4 Å². The van der Waals surface area contributed by atoms with E-state index in [1.807, 2.05) is 121 Å². The van der Waals surface area contributed by atoms with Crippen LogP contribution in [0, 0.1) is 0 Å². The molecule has 0 saturated heterocycles. The molecule has 4 aromatic heterocycles. The molecule has 0 atom stereocenters. The molecule has 10 nitrogen and oxygen atoms in total. The quantitative estimate of drug-likeness (QED) is 0.145. The lowest BCUT2D eigenvalue weighted by Gasteiger charge is -2.11. The molecule has 0 bridgehead atoms. The summed E-state index contributed by atoms with van der Waals surface area (Å²) in [4.78, 5) is 9.73. The molecule has 6 heterocycles. The van der Waals surface area contributed by atoms with Crippen molar-refractivity contribution in [2.45, 2.75) is 27.7 Å². The maximum Gasteiger partial charge on any atom is 0.495 e. The van der Waals surface area contributed by atoms with Gasteiger partial charge in [0.05, 0.1) is 34.2 Å². The first-order chi connectivity index (χ1) is 28.2. The Morgan fingerprint density at radius 2 is 0.897 bits per heavy atom. The number of fused-ring (bicyclic) bond motifs is 5. The molecule has 0 unspecified atom stereocenters. The fourth-order valence-electron chi connectivity index (χ4n) is 7.87. The van der Waals surface area contributed by atoms with E-state index >= 15 is 0 Å². The van der Waals surface area contributed by atoms with E-state index in [0.29, 0.717) is 11.5 Å². The monoisotopic (exact) mass is 760 g/mol. The number of ether oxygens (including phenoxy) is 2. The molecule has 280 valence electrons. The van der Waals surface area contributed by atoms with E-state index in [1.165, 1.54) is 0 Å². The highest BCUT2D eigenvalue weighted by Gasteiger charge is 2.31. The highest BCUT2D eigenvalue weighted by molar-refractivity contribution is 6.20. The van der Waals surface area contributed by atoms with Crippen LogP contribution in [0.1, 0.15) is 27.7 Å². The second-order valence-corrected chi connectivity index (χ2v) is 14.6. The second kappa shape index (κ2) is 13.5. The average molecular weight is 761 g/mol. The number of hydrogen-bond acceptors (Lipinski definition) is 4. The number of aromatic nitrogens is 4. The summed E-state index contributed by atoms with van der Waals surface area (Å²) in [5.74, 6) is 4.46. The van der Waals surface area contributed by atoms with Crippen molar-refractivity contribution in [3.05, 3.63) is 157 Å². The molecule has 2 aliphatic rings. The minimum absolute atomic E-state index is 0.708. The fraction of sp³-hybridized carbons (Fsp3) is 0.125. The molecular formula is C48H40N8O2+4. The lowest BCUT2D eigenvalue weighted by atomic mass is 10.2. The summed E-state index contributed by atoms with van der Waals surface area (Å²) < 4.78 is 25.8. The summed E-state index contributed by atoms with van der Waals surface area (Å²) >= 11 is 0. The normalized spacial score (nSPS) is 14.1. The number of hydrogen-bond donors (Lipinski definition) is 0. The summed E-state index contributed by atoms with van der Waals surface area (Å²) in [5, 5.41) is 2.06. The van der Waals surface area contributed by atoms with Gasteiger partial charge in [0, 0.05) is 75.1 Å². The third kappa shape index (κ3) is 5.67. The van der Waals surface area contributed by atoms with Crippen molar-refractivity contribution < 1.29 is 27.8 Å². The molecule has 2 aliphatic heterocycles. The SMILES string of the molecule is CC1=C(C)[N+](c2cccc(Oc3ccc4c(c3)n(-c3ccccn3)c3c5ccc(Oc6cccc([N+]7=C=[N+](C)C(C)=C7C)c6)cc5n(-c5ccccn5)c43)c2)=C=[N+]1C. The van der Waals surface area contributed by atoms with Gasteiger partial charge in [0.2, 0.25) is 11.4 Å². The maximum atomic E-state index is 6.61. The van der Waals surface area contributed by atoms with Gasteiger partial charge in [0.15, 0.2) is 14.1 Å². The predicted octanol–water partition coefficient (Wildman–Crippen LogP) is 10.6. The van der Waals surface area contributed by atoms with Crippen LogP contribution < -0.4 is 9.47 Å². The Balaban J connectivity index is 1.12. The van der Waals surface area contributed by atoms with Crippen LogP contribution in [0.15, 0.2) is 157 Å². The largest absolute Gasteiger partial charge is 0.495 e. The van der Waals surface area contributed by atoms with Crippen LogP contribution in [-0.2, 0) is 0 Å². The van der Waals surface area contributed by atoms with Crippen molar-refractivity contribution in [3.63, 3.8) is 0 Å². The molecule has 0 fully saturated rings. The summed E-state index contributed by atoms with van der Waals surface area (Å²) in [5.41, 5.74) is 10.4. The van der Waals surface area contributed by atoms with Crippen LogP contribution in [0.25, 0.3) is 44.5 Å². The van der Waals surface area contributed by atoms with Crippen molar-refractivity contribution >= 4 is 56.2 Å². The van der Waals surface area contributed by atoms with Crippen molar-refractivity contribution in [1.82, 2.24) is 19.1 Å². The van der Waals surface area contributed by atoms with E-state index < -0.39 is 0 Å². The fourth-order valence-corrected chi connectivity index (χ4v) is 7.87. The standard InChI is InChI=1S/C48H40N8O2/c1-31-33(3)53(29-51(31)5)35-13-11-15-37(25-35)57-39-19-21-41-43(27-39)55(45-17-7-9-23-49-45)48-42-22-20-40(28-44(42)56(47(41)48)46-18-8-10-24-50-46)58-38-16-12-14-36(26-38)54-30-52(6)32(2)34(54)4/h7-28H,1-6H3/q+4. The number of rotatable bonds is 8. The summed E-state index contributed by atoms with van der Waals surface area (Å²) in [6, 6.07) is 47.5. The predicted molar refractivity (Wildman–Crippen MR) is 225 cm³/mol. The molecule has 10 heteroatoms. The Hall–Kier alpha value is -7.64. The van der Waals surface area contributed by atoms with E-state index in [0.717, 1.165) is 90.1 Å². The van der Waals surface area contributed by atoms with E-state index in [-0.39, 0.29) is 0 Å². The van der Waals surface area contributed by atoms with Gasteiger partial charge in [0.1, 0.15) is 34.6 Å². The smallest absolute Gasteiger partial charge is 0.457 e. The molecule has 0 radical (unpaired) electrons. The molecule has 0 saturated carbocycles. The molecule has 0 amide bonds. The van der Waals surface area contributed by atoms with Gasteiger partial charge < -0.3 is 9.47 Å². The van der Waals surface area contributed by atoms with Crippen molar-refractivity contribution in [2.75, 3.05) is 14.1 Å². The lowest BCUT2D eigenvalue weighted by Crippen LogP contribution is -1.99. The first kappa shape index (κ1) is 34.8. The minimum atomic E-state index is 0.708. The van der Waals surface area contributed by atoms with Gasteiger partial charge in [-0.3, -0.25) is 9.13 Å². The lowest BCUT2D eigenvalue weighted by molar-refractivity contribution is -0.446. The second-order valence-electron chi connectivity index (χ2n) is 14.6. The number of benzene rings is 4. The van der Waals surface area contributed by atoms with Crippen molar-refractivity contribution in [3.8, 4) is 34.6 Å². The molecule has 8 aromatic rings. The zero-order valence-electron chi connectivity index (χ0n) is 33.1. The van der Waals surface area contributed by atoms with E-state index in [1.54, 1.807) is 0 Å². The van der Waals surface area contributed by atoms with Crippen LogP contribution in [0.5, 0.6) is 23.0 Å². The zero-order chi connectivity index (χ0) is 39.7. The van der Waals surface area contributed by atoms with Crippen LogP contribution in [-0.4, -0.2) is 63.5 Å². The highest BCUT2D eigenvalue weighted by atomic mass is 16.5. The van der Waals surface area contributed by atoms with Gasteiger partial charge in [0.25, 0.3) is 22.8 Å². The average Bonchev–Trinajstić information content (AvgIpc) is 3.92. The van der Waals surface area contributed by atoms with Gasteiger partial charge in [-0.1, -0.05) is 42.6 Å². The Morgan fingerprint density at radius 3 is 1.28 bits per heavy atom. The molecule has 10 rings (SSSR count). The minimum Gasteiger partial charge on any atom is -0.457 e. The van der Waals surface area contributed by atoms with Gasteiger partial charge in [-0.25, -0.2) is 9.97 Å². The zero-order valence-corrected chi connectivity index (χ0v) is 33.1. The molecule has 0 spiro atoms. The van der Waals surface area contributed by atoms with Crippen LogP contribution in [0.3, 0.4) is 0 Å². The first-order valence-electron chi connectivity index (χ1n) is 19.2. The number of nitrogens with zero attached hydrogens (tertiary/aromatic N) is 8. The van der Waals surface area contributed by atoms with Crippen LogP contribution in [0.4, 0.5) is 11.4 Å². The molecule has 58 heavy (non-hydrogen) atoms. The topological polar surface area (TPSA) is 66.1 Å². The van der Waals surface area contributed by atoms with Gasteiger partial charge in [-0.15, -0.1) is 0 Å². The molecular weight excluding hydrogens is 721 g/mol. The summed E-state index contributed by atoms with van der Waals surface area (Å²) in [7, 11) is 4.02. The Bertz CT molecular complexity index is 3030. The Kier molecular flexibility index (Phi) is 8.12. The van der Waals surface area contributed by atoms with E-state index in [9.17, 15) is 0 Å². The third-order valence-electron chi connectivity index (χ3n) is 11.2. The van der Waals surface area contributed by atoms with Crippen LogP contribution in [0.2, 0.25) is 0 Å². The highest BCUT2D eigenvalue weighted by Crippen LogP contribution is 2.43. The summed E-state index contributed by atoms with van der Waals surface area (Å²) in [6.45, 7) is 8.39. The molecule has 0 N–H and O–H groups in total.